The zero-order valence-corrected chi connectivity index (χ0v) is 15.8. The minimum atomic E-state index is 0.0544. The van der Waals surface area contributed by atoms with Gasteiger partial charge in [0.15, 0.2) is 16.8 Å². The summed E-state index contributed by atoms with van der Waals surface area (Å²) in [7, 11) is 0. The number of hydrogen-bond acceptors (Lipinski definition) is 5. The first kappa shape index (κ1) is 18.0. The SMILES string of the molecule is Nc1cccc(-c2nnc(SCC(=O)c3ccccc3)n2-c2ccccc2)c1. The van der Waals surface area contributed by atoms with E-state index in [2.05, 4.69) is 10.2 Å². The Bertz CT molecular complexity index is 1090. The molecule has 138 valence electrons. The van der Waals surface area contributed by atoms with E-state index in [9.17, 15) is 4.79 Å². The summed E-state index contributed by atoms with van der Waals surface area (Å²) in [5.74, 6) is 1.03. The maximum absolute atomic E-state index is 12.5. The minimum absolute atomic E-state index is 0.0544. The lowest BCUT2D eigenvalue weighted by Crippen LogP contribution is -2.05. The van der Waals surface area contributed by atoms with Gasteiger partial charge in [-0.05, 0) is 24.3 Å². The molecule has 1 heterocycles. The van der Waals surface area contributed by atoms with E-state index in [4.69, 9.17) is 5.73 Å². The second-order valence-corrected chi connectivity index (χ2v) is 7.12. The summed E-state index contributed by atoms with van der Waals surface area (Å²) in [4.78, 5) is 12.5. The molecule has 1 aromatic heterocycles. The Labute approximate surface area is 167 Å². The van der Waals surface area contributed by atoms with Crippen molar-refractivity contribution in [1.29, 1.82) is 0 Å². The number of nitrogen functional groups attached to an aromatic ring is 1. The number of rotatable bonds is 6. The van der Waals surface area contributed by atoms with Crippen LogP contribution in [0.25, 0.3) is 17.1 Å². The number of benzene rings is 3. The van der Waals surface area contributed by atoms with Crippen molar-refractivity contribution < 1.29 is 4.79 Å². The van der Waals surface area contributed by atoms with Crippen molar-refractivity contribution in [2.45, 2.75) is 5.16 Å². The molecule has 0 aliphatic heterocycles. The Hall–Kier alpha value is -3.38. The predicted octanol–water partition coefficient (Wildman–Crippen LogP) is 4.49. The van der Waals surface area contributed by atoms with Crippen LogP contribution in [0, 0.1) is 0 Å². The van der Waals surface area contributed by atoms with Gasteiger partial charge in [0.2, 0.25) is 0 Å². The number of nitrogens with two attached hydrogens (primary N) is 1. The Balaban J connectivity index is 1.69. The van der Waals surface area contributed by atoms with E-state index in [0.29, 0.717) is 22.2 Å². The quantitative estimate of drug-likeness (QED) is 0.300. The van der Waals surface area contributed by atoms with Crippen molar-refractivity contribution in [2.24, 2.45) is 0 Å². The van der Waals surface area contributed by atoms with Gasteiger partial charge in [-0.1, -0.05) is 72.4 Å². The Kier molecular flexibility index (Phi) is 5.21. The van der Waals surface area contributed by atoms with Crippen molar-refractivity contribution in [3.63, 3.8) is 0 Å². The van der Waals surface area contributed by atoms with Gasteiger partial charge in [0.1, 0.15) is 0 Å². The van der Waals surface area contributed by atoms with Gasteiger partial charge in [0.05, 0.1) is 5.75 Å². The molecule has 0 atom stereocenters. The highest BCUT2D eigenvalue weighted by molar-refractivity contribution is 7.99. The van der Waals surface area contributed by atoms with Crippen molar-refractivity contribution in [3.05, 3.63) is 90.5 Å². The number of ketones is 1. The first-order chi connectivity index (χ1) is 13.7. The fourth-order valence-corrected chi connectivity index (χ4v) is 3.72. The largest absolute Gasteiger partial charge is 0.399 e. The third kappa shape index (κ3) is 3.82. The van der Waals surface area contributed by atoms with Crippen LogP contribution in [-0.2, 0) is 0 Å². The van der Waals surface area contributed by atoms with E-state index in [0.717, 1.165) is 11.3 Å². The molecule has 2 N–H and O–H groups in total. The molecule has 0 amide bonds. The van der Waals surface area contributed by atoms with Crippen LogP contribution in [0.5, 0.6) is 0 Å². The van der Waals surface area contributed by atoms with Gasteiger partial charge < -0.3 is 5.73 Å². The molecule has 0 radical (unpaired) electrons. The normalized spacial score (nSPS) is 10.7. The van der Waals surface area contributed by atoms with E-state index >= 15 is 0 Å². The van der Waals surface area contributed by atoms with Crippen molar-refractivity contribution in [2.75, 3.05) is 11.5 Å². The molecule has 0 saturated heterocycles. The molecule has 5 nitrogen and oxygen atoms in total. The van der Waals surface area contributed by atoms with Crippen LogP contribution >= 0.6 is 11.8 Å². The molecule has 6 heteroatoms. The molecule has 0 bridgehead atoms. The molecular weight excluding hydrogens is 368 g/mol. The number of para-hydroxylation sites is 1. The van der Waals surface area contributed by atoms with Gasteiger partial charge in [-0.15, -0.1) is 10.2 Å². The molecule has 3 aromatic carbocycles. The average molecular weight is 386 g/mol. The first-order valence-electron chi connectivity index (χ1n) is 8.80. The number of nitrogens with zero attached hydrogens (tertiary/aromatic N) is 3. The standard InChI is InChI=1S/C22H18N4OS/c23-18-11-7-10-17(14-18)21-24-25-22(26(21)19-12-5-2-6-13-19)28-15-20(27)16-8-3-1-4-9-16/h1-14H,15,23H2. The second-order valence-electron chi connectivity index (χ2n) is 6.18. The number of hydrogen-bond donors (Lipinski definition) is 1. The lowest BCUT2D eigenvalue weighted by atomic mass is 10.2. The summed E-state index contributed by atoms with van der Waals surface area (Å²) in [6, 6.07) is 26.7. The van der Waals surface area contributed by atoms with Crippen LogP contribution in [0.2, 0.25) is 0 Å². The Morgan fingerprint density at radius 1 is 0.893 bits per heavy atom. The highest BCUT2D eigenvalue weighted by Crippen LogP contribution is 2.29. The highest BCUT2D eigenvalue weighted by Gasteiger charge is 2.17. The lowest BCUT2D eigenvalue weighted by Gasteiger charge is -2.10. The third-order valence-corrected chi connectivity index (χ3v) is 5.15. The van der Waals surface area contributed by atoms with Gasteiger partial charge >= 0.3 is 0 Å². The first-order valence-corrected chi connectivity index (χ1v) is 9.79. The number of carbonyl (C=O) groups excluding carboxylic acids is 1. The van der Waals surface area contributed by atoms with E-state index in [1.807, 2.05) is 89.5 Å². The average Bonchev–Trinajstić information content (AvgIpc) is 3.17. The second kappa shape index (κ2) is 8.10. The van der Waals surface area contributed by atoms with Crippen LogP contribution in [0.4, 0.5) is 5.69 Å². The fraction of sp³-hybridized carbons (Fsp3) is 0.0455. The molecular formula is C22H18N4OS. The summed E-state index contributed by atoms with van der Waals surface area (Å²) in [6.45, 7) is 0. The highest BCUT2D eigenvalue weighted by atomic mass is 32.2. The Morgan fingerprint density at radius 3 is 2.32 bits per heavy atom. The van der Waals surface area contributed by atoms with Crippen molar-refractivity contribution in [3.8, 4) is 17.1 Å². The zero-order valence-electron chi connectivity index (χ0n) is 15.0. The smallest absolute Gasteiger partial charge is 0.196 e. The molecule has 0 aliphatic rings. The summed E-state index contributed by atoms with van der Waals surface area (Å²) in [6.07, 6.45) is 0. The molecule has 4 rings (SSSR count). The molecule has 0 saturated carbocycles. The zero-order chi connectivity index (χ0) is 19.3. The summed E-state index contributed by atoms with van der Waals surface area (Å²) in [5.41, 5.74) is 9.10. The molecule has 0 fully saturated rings. The third-order valence-electron chi connectivity index (χ3n) is 4.22. The molecule has 0 spiro atoms. The van der Waals surface area contributed by atoms with Crippen LogP contribution in [-0.4, -0.2) is 26.3 Å². The van der Waals surface area contributed by atoms with Gasteiger partial charge in [-0.25, -0.2) is 0 Å². The predicted molar refractivity (Wildman–Crippen MR) is 113 cm³/mol. The fourth-order valence-electron chi connectivity index (χ4n) is 2.88. The van der Waals surface area contributed by atoms with Crippen LogP contribution < -0.4 is 5.73 Å². The number of thioether (sulfide) groups is 1. The monoisotopic (exact) mass is 386 g/mol. The summed E-state index contributed by atoms with van der Waals surface area (Å²) in [5, 5.41) is 9.39. The van der Waals surface area contributed by atoms with Gasteiger partial charge in [0, 0.05) is 22.5 Å². The molecule has 4 aromatic rings. The topological polar surface area (TPSA) is 73.8 Å². The maximum Gasteiger partial charge on any atom is 0.196 e. The molecule has 0 aliphatic carbocycles. The van der Waals surface area contributed by atoms with Crippen LogP contribution in [0.15, 0.2) is 90.1 Å². The number of anilines is 1. The van der Waals surface area contributed by atoms with E-state index in [1.165, 1.54) is 11.8 Å². The Morgan fingerprint density at radius 2 is 1.61 bits per heavy atom. The number of aromatic nitrogens is 3. The van der Waals surface area contributed by atoms with E-state index < -0.39 is 0 Å². The van der Waals surface area contributed by atoms with E-state index in [-0.39, 0.29) is 11.5 Å². The van der Waals surface area contributed by atoms with Crippen molar-refractivity contribution in [1.82, 2.24) is 14.8 Å². The van der Waals surface area contributed by atoms with Gasteiger partial charge in [-0.3, -0.25) is 9.36 Å². The van der Waals surface area contributed by atoms with Gasteiger partial charge in [0.25, 0.3) is 0 Å². The molecule has 0 unspecified atom stereocenters. The van der Waals surface area contributed by atoms with Crippen molar-refractivity contribution >= 4 is 23.2 Å². The van der Waals surface area contributed by atoms with E-state index in [1.54, 1.807) is 0 Å². The lowest BCUT2D eigenvalue weighted by molar-refractivity contribution is 0.102. The van der Waals surface area contributed by atoms with Gasteiger partial charge in [-0.2, -0.15) is 0 Å². The maximum atomic E-state index is 12.5. The minimum Gasteiger partial charge on any atom is -0.399 e. The number of carbonyl (C=O) groups is 1. The summed E-state index contributed by atoms with van der Waals surface area (Å²) < 4.78 is 1.96. The number of Topliss-reactive ketones (excluding diaryl/α,β-unsaturated/α-hetero) is 1. The summed E-state index contributed by atoms with van der Waals surface area (Å²) >= 11 is 1.37. The molecule has 28 heavy (non-hydrogen) atoms. The van der Waals surface area contributed by atoms with Crippen LogP contribution in [0.1, 0.15) is 10.4 Å². The van der Waals surface area contributed by atoms with Crippen LogP contribution in [0.3, 0.4) is 0 Å².